The highest BCUT2D eigenvalue weighted by Gasteiger charge is 2.31. The molecule has 0 radical (unpaired) electrons. The van der Waals surface area contributed by atoms with Crippen molar-refractivity contribution in [1.29, 1.82) is 0 Å². The monoisotopic (exact) mass is 357 g/mol. The molecule has 130 valence electrons. The predicted molar refractivity (Wildman–Crippen MR) is 93.2 cm³/mol. The molecule has 4 heterocycles. The minimum absolute atomic E-state index is 0.0461. The number of carbonyl (C=O) groups is 1. The van der Waals surface area contributed by atoms with E-state index >= 15 is 0 Å². The van der Waals surface area contributed by atoms with Crippen molar-refractivity contribution in [3.8, 4) is 0 Å². The molecule has 1 aliphatic heterocycles. The molecule has 1 unspecified atom stereocenters. The summed E-state index contributed by atoms with van der Waals surface area (Å²) in [6.07, 6.45) is 4.42. The van der Waals surface area contributed by atoms with Crippen LogP contribution in [0.1, 0.15) is 41.4 Å². The van der Waals surface area contributed by atoms with Crippen molar-refractivity contribution < 1.29 is 9.21 Å². The summed E-state index contributed by atoms with van der Waals surface area (Å²) in [4.78, 5) is 18.9. The van der Waals surface area contributed by atoms with Crippen LogP contribution in [0.3, 0.4) is 0 Å². The number of thioether (sulfide) groups is 1. The van der Waals surface area contributed by atoms with Gasteiger partial charge in [-0.2, -0.15) is 5.10 Å². The van der Waals surface area contributed by atoms with Gasteiger partial charge in [-0.15, -0.1) is 0 Å². The minimum atomic E-state index is -0.0461. The summed E-state index contributed by atoms with van der Waals surface area (Å²) in [5.74, 6) is 1.70. The second-order valence-corrected chi connectivity index (χ2v) is 6.86. The predicted octanol–water partition coefficient (Wildman–Crippen LogP) is 3.10. The van der Waals surface area contributed by atoms with Crippen molar-refractivity contribution in [3.63, 3.8) is 0 Å². The Morgan fingerprint density at radius 2 is 2.32 bits per heavy atom. The molecule has 3 aromatic rings. The lowest BCUT2D eigenvalue weighted by Crippen LogP contribution is -2.41. The van der Waals surface area contributed by atoms with E-state index in [4.69, 9.17) is 4.42 Å². The third-order valence-corrected chi connectivity index (χ3v) is 5.33. The third-order valence-electron chi connectivity index (χ3n) is 4.43. The summed E-state index contributed by atoms with van der Waals surface area (Å²) >= 11 is 1.49. The van der Waals surface area contributed by atoms with Crippen LogP contribution in [0.25, 0.3) is 0 Å². The highest BCUT2D eigenvalue weighted by molar-refractivity contribution is 7.98. The standard InChI is InChI=1S/C17H19N5O2S/c1-2-13-14-4-3-7-21(14)8-9-22(13)16(23)15-6-5-12(24-15)10-25-17-18-11-19-20-17/h3-7,11,13H,2,8-10H2,1H3,(H,18,19,20). The van der Waals surface area contributed by atoms with Gasteiger partial charge >= 0.3 is 0 Å². The Hall–Kier alpha value is -2.48. The number of nitrogens with one attached hydrogen (secondary N) is 1. The Morgan fingerprint density at radius 1 is 1.40 bits per heavy atom. The summed E-state index contributed by atoms with van der Waals surface area (Å²) in [5, 5.41) is 7.33. The molecule has 1 amide bonds. The zero-order valence-electron chi connectivity index (χ0n) is 13.9. The molecule has 0 bridgehead atoms. The van der Waals surface area contributed by atoms with E-state index in [0.29, 0.717) is 18.1 Å². The van der Waals surface area contributed by atoms with Gasteiger partial charge in [-0.1, -0.05) is 18.7 Å². The number of rotatable bonds is 5. The first-order chi connectivity index (χ1) is 12.3. The zero-order valence-corrected chi connectivity index (χ0v) is 14.7. The van der Waals surface area contributed by atoms with Crippen LogP contribution in [-0.2, 0) is 12.3 Å². The van der Waals surface area contributed by atoms with E-state index in [1.54, 1.807) is 6.07 Å². The molecule has 1 N–H and O–H groups in total. The number of nitrogens with zero attached hydrogens (tertiary/aromatic N) is 4. The van der Waals surface area contributed by atoms with Crippen molar-refractivity contribution in [3.05, 3.63) is 54.0 Å². The van der Waals surface area contributed by atoms with Crippen LogP contribution in [0, 0.1) is 0 Å². The summed E-state index contributed by atoms with van der Waals surface area (Å²) in [6.45, 7) is 3.62. The van der Waals surface area contributed by atoms with Crippen LogP contribution < -0.4 is 0 Å². The van der Waals surface area contributed by atoms with Gasteiger partial charge < -0.3 is 13.9 Å². The maximum Gasteiger partial charge on any atom is 0.290 e. The molecule has 8 heteroatoms. The van der Waals surface area contributed by atoms with E-state index in [1.807, 2.05) is 17.0 Å². The minimum Gasteiger partial charge on any atom is -0.455 e. The molecule has 0 spiro atoms. The number of fused-ring (bicyclic) bond motifs is 1. The van der Waals surface area contributed by atoms with E-state index in [9.17, 15) is 4.79 Å². The lowest BCUT2D eigenvalue weighted by Gasteiger charge is -2.36. The van der Waals surface area contributed by atoms with Gasteiger partial charge in [0.1, 0.15) is 12.1 Å². The quantitative estimate of drug-likeness (QED) is 0.710. The smallest absolute Gasteiger partial charge is 0.290 e. The van der Waals surface area contributed by atoms with Crippen molar-refractivity contribution in [2.45, 2.75) is 36.8 Å². The van der Waals surface area contributed by atoms with E-state index in [0.717, 1.165) is 23.9 Å². The van der Waals surface area contributed by atoms with E-state index in [2.05, 4.69) is 38.9 Å². The third kappa shape index (κ3) is 3.09. The first-order valence-corrected chi connectivity index (χ1v) is 9.27. The van der Waals surface area contributed by atoms with Gasteiger partial charge in [-0.25, -0.2) is 4.98 Å². The van der Waals surface area contributed by atoms with Crippen LogP contribution in [-0.4, -0.2) is 37.1 Å². The number of hydrogen-bond donors (Lipinski definition) is 1. The Labute approximate surface area is 149 Å². The highest BCUT2D eigenvalue weighted by Crippen LogP contribution is 2.30. The summed E-state index contributed by atoms with van der Waals surface area (Å²) < 4.78 is 8.00. The fraction of sp³-hybridized carbons (Fsp3) is 0.353. The Morgan fingerprint density at radius 3 is 3.12 bits per heavy atom. The number of carbonyl (C=O) groups excluding carboxylic acids is 1. The zero-order chi connectivity index (χ0) is 17.2. The molecule has 0 fully saturated rings. The van der Waals surface area contributed by atoms with Crippen LogP contribution in [0.2, 0.25) is 0 Å². The Kier molecular flexibility index (Phi) is 4.35. The molecule has 1 atom stereocenters. The second-order valence-electron chi connectivity index (χ2n) is 5.89. The molecular weight excluding hydrogens is 338 g/mol. The van der Waals surface area contributed by atoms with Gasteiger partial charge in [0.2, 0.25) is 0 Å². The topological polar surface area (TPSA) is 80.0 Å². The van der Waals surface area contributed by atoms with Crippen molar-refractivity contribution >= 4 is 17.7 Å². The molecule has 7 nitrogen and oxygen atoms in total. The van der Waals surface area contributed by atoms with Gasteiger partial charge in [0.25, 0.3) is 5.91 Å². The van der Waals surface area contributed by atoms with Gasteiger partial charge in [-0.3, -0.25) is 9.89 Å². The normalized spacial score (nSPS) is 16.8. The fourth-order valence-electron chi connectivity index (χ4n) is 3.25. The van der Waals surface area contributed by atoms with Crippen molar-refractivity contribution in [2.75, 3.05) is 6.54 Å². The molecule has 1 aliphatic rings. The van der Waals surface area contributed by atoms with Gasteiger partial charge in [0.15, 0.2) is 10.9 Å². The first-order valence-electron chi connectivity index (χ1n) is 8.29. The molecule has 3 aromatic heterocycles. The maximum atomic E-state index is 12.9. The average molecular weight is 357 g/mol. The Balaban J connectivity index is 1.47. The van der Waals surface area contributed by atoms with Crippen molar-refractivity contribution in [2.24, 2.45) is 0 Å². The summed E-state index contributed by atoms with van der Waals surface area (Å²) in [6, 6.07) is 7.84. The maximum absolute atomic E-state index is 12.9. The van der Waals surface area contributed by atoms with Crippen LogP contribution in [0.4, 0.5) is 0 Å². The number of aromatic amines is 1. The second kappa shape index (κ2) is 6.79. The number of hydrogen-bond acceptors (Lipinski definition) is 5. The van der Waals surface area contributed by atoms with Crippen LogP contribution >= 0.6 is 11.8 Å². The lowest BCUT2D eigenvalue weighted by molar-refractivity contribution is 0.0584. The van der Waals surface area contributed by atoms with Crippen LogP contribution in [0.5, 0.6) is 0 Å². The molecule has 0 saturated heterocycles. The lowest BCUT2D eigenvalue weighted by atomic mass is 10.1. The van der Waals surface area contributed by atoms with Gasteiger partial charge in [-0.05, 0) is 30.7 Å². The summed E-state index contributed by atoms with van der Waals surface area (Å²) in [5.41, 5.74) is 1.19. The molecular formula is C17H19N5O2S. The van der Waals surface area contributed by atoms with Gasteiger partial charge in [0.05, 0.1) is 11.8 Å². The van der Waals surface area contributed by atoms with E-state index in [-0.39, 0.29) is 11.9 Å². The largest absolute Gasteiger partial charge is 0.455 e. The molecule has 0 saturated carbocycles. The molecule has 0 aliphatic carbocycles. The number of aromatic nitrogens is 4. The average Bonchev–Trinajstić information content (AvgIpc) is 3.39. The first kappa shape index (κ1) is 16.0. The number of furan rings is 1. The molecule has 0 aromatic carbocycles. The number of H-pyrrole nitrogens is 1. The molecule has 4 rings (SSSR count). The number of amides is 1. The van der Waals surface area contributed by atoms with E-state index in [1.165, 1.54) is 23.8 Å². The fourth-order valence-corrected chi connectivity index (χ4v) is 3.93. The summed E-state index contributed by atoms with van der Waals surface area (Å²) in [7, 11) is 0. The molecule has 25 heavy (non-hydrogen) atoms. The highest BCUT2D eigenvalue weighted by atomic mass is 32.2. The van der Waals surface area contributed by atoms with E-state index < -0.39 is 0 Å². The Bertz CT molecular complexity index is 854. The van der Waals surface area contributed by atoms with Crippen molar-refractivity contribution in [1.82, 2.24) is 24.6 Å². The van der Waals surface area contributed by atoms with Crippen LogP contribution in [0.15, 0.2) is 46.4 Å². The SMILES string of the molecule is CCC1c2cccn2CCN1C(=O)c1ccc(CSc2ncn[nH]2)o1. The van der Waals surface area contributed by atoms with Gasteiger partial charge in [0, 0.05) is 25.0 Å².